The van der Waals surface area contributed by atoms with Gasteiger partial charge < -0.3 is 40.0 Å². The van der Waals surface area contributed by atoms with Gasteiger partial charge in [0.15, 0.2) is 0 Å². The van der Waals surface area contributed by atoms with Gasteiger partial charge in [0.2, 0.25) is 0 Å². The molecule has 46 heavy (non-hydrogen) atoms. The highest BCUT2D eigenvalue weighted by Crippen LogP contribution is 2.58. The minimum Gasteiger partial charge on any atom is -0.851 e. The Labute approximate surface area is 266 Å². The number of fused-ring (bicyclic) bond motifs is 4. The van der Waals surface area contributed by atoms with Crippen LogP contribution in [0.5, 0.6) is 11.5 Å². The van der Waals surface area contributed by atoms with Crippen LogP contribution in [0.1, 0.15) is 23.0 Å². The van der Waals surface area contributed by atoms with Gasteiger partial charge in [0.1, 0.15) is 11.5 Å². The summed E-state index contributed by atoms with van der Waals surface area (Å²) in [6.45, 7) is 1.34. The first-order valence-corrected chi connectivity index (χ1v) is 15.8. The summed E-state index contributed by atoms with van der Waals surface area (Å²) >= 11 is 0. The lowest BCUT2D eigenvalue weighted by atomic mass is 9.60. The highest BCUT2D eigenvalue weighted by Gasteiger charge is 2.44. The molecule has 2 unspecified atom stereocenters. The number of aromatic hydroxyl groups is 2. The Hall–Kier alpha value is -4.92. The average molecular weight is 611 g/mol. The van der Waals surface area contributed by atoms with E-state index in [1.165, 1.54) is 0 Å². The maximum atomic E-state index is 14.8. The fourth-order valence-electron chi connectivity index (χ4n) is 8.97. The van der Waals surface area contributed by atoms with Gasteiger partial charge in [-0.3, -0.25) is 0 Å². The van der Waals surface area contributed by atoms with Crippen LogP contribution in [0, 0.1) is 0 Å². The standard InChI is InChI=1S/C38H34N4O4/c1-39-17-41(3)35-20-10-6-5-9-19(20)27(21-11-7-13-23(39)28(21)35)33-37(45)34(38(33)46)32-29-22(12-8-14-25(29)43)36-30-24(40(2)18-42(36)4)15-16-26(44)31(30)32/h5-16,33-34,37-38,43-44H,17-18H2,1-4H3/q-2. The number of hydrogen-bond acceptors (Lipinski definition) is 8. The number of rotatable bonds is 2. The van der Waals surface area contributed by atoms with Gasteiger partial charge in [-0.05, 0) is 58.0 Å². The molecule has 2 heterocycles. The molecule has 0 aromatic heterocycles. The van der Waals surface area contributed by atoms with E-state index in [1.54, 1.807) is 18.2 Å². The monoisotopic (exact) mass is 610 g/mol. The summed E-state index contributed by atoms with van der Waals surface area (Å²) in [7, 11) is 8.11. The Morgan fingerprint density at radius 2 is 1.04 bits per heavy atom. The fraction of sp³-hybridized carbons (Fsp3) is 0.263. The molecular formula is C38H34N4O4-2. The van der Waals surface area contributed by atoms with E-state index >= 15 is 0 Å². The van der Waals surface area contributed by atoms with Crippen LogP contribution in [-0.2, 0) is 0 Å². The first-order valence-electron chi connectivity index (χ1n) is 15.8. The molecular weight excluding hydrogens is 576 g/mol. The molecule has 8 heteroatoms. The van der Waals surface area contributed by atoms with Crippen LogP contribution in [0.4, 0.5) is 22.7 Å². The van der Waals surface area contributed by atoms with E-state index in [0.717, 1.165) is 67.3 Å². The van der Waals surface area contributed by atoms with Crippen molar-refractivity contribution in [3.05, 3.63) is 83.9 Å². The quantitative estimate of drug-likeness (QED) is 0.272. The number of benzene rings is 6. The molecule has 1 aliphatic carbocycles. The van der Waals surface area contributed by atoms with Gasteiger partial charge in [0, 0.05) is 71.9 Å². The second-order valence-electron chi connectivity index (χ2n) is 13.4. The third kappa shape index (κ3) is 3.30. The van der Waals surface area contributed by atoms with Crippen molar-refractivity contribution < 1.29 is 20.4 Å². The molecule has 0 amide bonds. The van der Waals surface area contributed by atoms with Crippen LogP contribution in [0.15, 0.2) is 72.8 Å². The van der Waals surface area contributed by atoms with Crippen LogP contribution < -0.4 is 29.8 Å². The number of phenolic OH excluding ortho intramolecular Hbond substituents is 2. The Bertz CT molecular complexity index is 2280. The maximum absolute atomic E-state index is 14.8. The summed E-state index contributed by atoms with van der Waals surface area (Å²) in [5, 5.41) is 58.9. The van der Waals surface area contributed by atoms with Gasteiger partial charge in [-0.1, -0.05) is 48.5 Å². The van der Waals surface area contributed by atoms with E-state index in [9.17, 15) is 20.4 Å². The second-order valence-corrected chi connectivity index (χ2v) is 13.4. The zero-order chi connectivity index (χ0) is 31.8. The lowest BCUT2D eigenvalue weighted by Crippen LogP contribution is -2.63. The van der Waals surface area contributed by atoms with Crippen molar-refractivity contribution in [2.75, 3.05) is 61.1 Å². The van der Waals surface area contributed by atoms with E-state index in [-0.39, 0.29) is 11.5 Å². The van der Waals surface area contributed by atoms with Crippen LogP contribution in [0.25, 0.3) is 43.1 Å². The van der Waals surface area contributed by atoms with Crippen molar-refractivity contribution in [3.63, 3.8) is 0 Å². The van der Waals surface area contributed by atoms with Crippen LogP contribution in [0.2, 0.25) is 0 Å². The SMILES string of the molecule is CN1CN(C)c2c3ccccc3c(C3C([O-])C(c4c5c(O)cccc5c5c6c(ccc(O)c46)N(C)CN5C)C3[O-])c3cccc1c23. The summed E-state index contributed by atoms with van der Waals surface area (Å²) in [6.07, 6.45) is -2.58. The highest BCUT2D eigenvalue weighted by molar-refractivity contribution is 6.22. The van der Waals surface area contributed by atoms with Crippen molar-refractivity contribution in [3.8, 4) is 11.5 Å². The molecule has 0 saturated heterocycles. The average Bonchev–Trinajstić information content (AvgIpc) is 3.03. The molecule has 0 bridgehead atoms. The number of nitrogens with zero attached hydrogens (tertiary/aromatic N) is 4. The topological polar surface area (TPSA) is 99.5 Å². The Morgan fingerprint density at radius 1 is 0.500 bits per heavy atom. The molecule has 9 rings (SSSR count). The lowest BCUT2D eigenvalue weighted by Gasteiger charge is -2.62. The van der Waals surface area contributed by atoms with Gasteiger partial charge in [-0.2, -0.15) is 0 Å². The predicted molar refractivity (Wildman–Crippen MR) is 183 cm³/mol. The molecule has 1 saturated carbocycles. The maximum Gasteiger partial charge on any atom is 0.123 e. The number of phenols is 2. The summed E-state index contributed by atoms with van der Waals surface area (Å²) < 4.78 is 0. The van der Waals surface area contributed by atoms with Crippen molar-refractivity contribution >= 4 is 65.8 Å². The van der Waals surface area contributed by atoms with Crippen molar-refractivity contribution in [2.24, 2.45) is 0 Å². The van der Waals surface area contributed by atoms with Crippen LogP contribution in [-0.4, -0.2) is 63.9 Å². The van der Waals surface area contributed by atoms with Gasteiger partial charge in [0.25, 0.3) is 0 Å². The minimum absolute atomic E-state index is 0.00346. The molecule has 2 aliphatic heterocycles. The van der Waals surface area contributed by atoms with Crippen LogP contribution >= 0.6 is 0 Å². The zero-order valence-electron chi connectivity index (χ0n) is 26.2. The van der Waals surface area contributed by atoms with E-state index in [1.807, 2.05) is 56.6 Å². The minimum atomic E-state index is -1.29. The molecule has 6 aromatic carbocycles. The molecule has 0 radical (unpaired) electrons. The largest absolute Gasteiger partial charge is 0.851 e. The second kappa shape index (κ2) is 9.31. The van der Waals surface area contributed by atoms with E-state index in [2.05, 4.69) is 45.8 Å². The third-order valence-electron chi connectivity index (χ3n) is 10.8. The molecule has 6 aromatic rings. The van der Waals surface area contributed by atoms with E-state index < -0.39 is 24.0 Å². The highest BCUT2D eigenvalue weighted by atomic mass is 16.3. The number of hydrogen-bond donors (Lipinski definition) is 2. The molecule has 0 spiro atoms. The molecule has 3 aliphatic rings. The molecule has 1 fully saturated rings. The van der Waals surface area contributed by atoms with Gasteiger partial charge in [-0.25, -0.2) is 0 Å². The van der Waals surface area contributed by atoms with Crippen molar-refractivity contribution in [1.82, 2.24) is 0 Å². The fourth-order valence-corrected chi connectivity index (χ4v) is 8.97. The Morgan fingerprint density at radius 3 is 1.76 bits per heavy atom. The number of anilines is 4. The smallest absolute Gasteiger partial charge is 0.123 e. The third-order valence-corrected chi connectivity index (χ3v) is 10.8. The summed E-state index contributed by atoms with van der Waals surface area (Å²) in [5.74, 6) is -1.77. The van der Waals surface area contributed by atoms with Gasteiger partial charge in [0.05, 0.1) is 24.7 Å². The Kier molecular flexibility index (Phi) is 5.55. The first kappa shape index (κ1) is 27.4. The predicted octanol–water partition coefficient (Wildman–Crippen LogP) is 4.74. The van der Waals surface area contributed by atoms with Gasteiger partial charge in [-0.15, -0.1) is 12.2 Å². The Balaban J connectivity index is 1.32. The van der Waals surface area contributed by atoms with Crippen LogP contribution in [0.3, 0.4) is 0 Å². The molecule has 232 valence electrons. The lowest BCUT2D eigenvalue weighted by molar-refractivity contribution is -0.535. The van der Waals surface area contributed by atoms with Gasteiger partial charge >= 0.3 is 0 Å². The molecule has 2 atom stereocenters. The van der Waals surface area contributed by atoms with E-state index in [0.29, 0.717) is 23.0 Å². The summed E-state index contributed by atoms with van der Waals surface area (Å²) in [4.78, 5) is 8.61. The van der Waals surface area contributed by atoms with Crippen molar-refractivity contribution in [2.45, 2.75) is 24.0 Å². The molecule has 2 N–H and O–H groups in total. The zero-order valence-corrected chi connectivity index (χ0v) is 26.2. The normalized spacial score (nSPS) is 22.4. The summed E-state index contributed by atoms with van der Waals surface area (Å²) in [6, 6.07) is 23.1. The van der Waals surface area contributed by atoms with E-state index in [4.69, 9.17) is 0 Å². The molecule has 8 nitrogen and oxygen atoms in total. The first-order chi connectivity index (χ1) is 22.2. The summed E-state index contributed by atoms with van der Waals surface area (Å²) in [5.41, 5.74) is 5.24. The van der Waals surface area contributed by atoms with Crippen molar-refractivity contribution in [1.29, 1.82) is 0 Å².